The Morgan fingerprint density at radius 3 is 3.00 bits per heavy atom. The van der Waals surface area contributed by atoms with Crippen molar-refractivity contribution in [1.29, 1.82) is 5.41 Å². The Labute approximate surface area is 46.1 Å². The molecule has 0 amide bonds. The predicted molar refractivity (Wildman–Crippen MR) is 29.8 cm³/mol. The lowest BCUT2D eigenvalue weighted by Crippen LogP contribution is -1.90. The summed E-state index contributed by atoms with van der Waals surface area (Å²) in [7, 11) is 0. The van der Waals surface area contributed by atoms with Gasteiger partial charge in [0.2, 0.25) is 0 Å². The Hall–Kier alpha value is -0.0600. The summed E-state index contributed by atoms with van der Waals surface area (Å²) in [6.07, 6.45) is 0. The van der Waals surface area contributed by atoms with Gasteiger partial charge >= 0.3 is 0 Å². The van der Waals surface area contributed by atoms with Gasteiger partial charge in [0.1, 0.15) is 0 Å². The summed E-state index contributed by atoms with van der Waals surface area (Å²) in [5.41, 5.74) is 1.21. The molecule has 0 aliphatic carbocycles. The van der Waals surface area contributed by atoms with Gasteiger partial charge in [-0.15, -0.1) is 11.8 Å². The molecule has 0 aliphatic rings. The minimum Gasteiger partial charge on any atom is -0.302 e. The van der Waals surface area contributed by atoms with Crippen LogP contribution in [0.4, 0.5) is 0 Å². The number of rotatable bonds is 4. The number of hydrogen-bond donors (Lipinski definition) is 2. The minimum atomic E-state index is 0.292. The molecule has 0 aromatic carbocycles. The van der Waals surface area contributed by atoms with Crippen molar-refractivity contribution in [2.75, 3.05) is 12.4 Å². The summed E-state index contributed by atoms with van der Waals surface area (Å²) < 4.78 is 0. The van der Waals surface area contributed by atoms with E-state index in [4.69, 9.17) is 10.7 Å². The van der Waals surface area contributed by atoms with Gasteiger partial charge < -0.3 is 5.41 Å². The molecule has 0 radical (unpaired) electrons. The van der Waals surface area contributed by atoms with E-state index in [0.29, 0.717) is 12.4 Å². The lowest BCUT2D eigenvalue weighted by atomic mass is 10.9. The molecule has 0 aromatic heterocycles. The number of thioether (sulfide) groups is 1. The normalized spacial score (nSPS) is 8.71. The molecule has 0 spiro atoms. The van der Waals surface area contributed by atoms with Crippen LogP contribution in [0.25, 0.3) is 0 Å². The Morgan fingerprint density at radius 2 is 2.57 bits per heavy atom. The molecule has 4 heteroatoms. The van der Waals surface area contributed by atoms with Gasteiger partial charge in [-0.2, -0.15) is 0 Å². The molecule has 0 unspecified atom stereocenters. The van der Waals surface area contributed by atoms with Crippen molar-refractivity contribution in [2.45, 2.75) is 0 Å². The van der Waals surface area contributed by atoms with E-state index in [2.05, 4.69) is 4.89 Å². The van der Waals surface area contributed by atoms with E-state index >= 15 is 0 Å². The van der Waals surface area contributed by atoms with Gasteiger partial charge in [-0.05, 0) is 0 Å². The Kier molecular flexibility index (Phi) is 5.89. The zero-order valence-corrected chi connectivity index (χ0v) is 4.57. The van der Waals surface area contributed by atoms with Crippen LogP contribution in [-0.2, 0) is 4.89 Å². The van der Waals surface area contributed by atoms with Crippen molar-refractivity contribution in [2.24, 2.45) is 0 Å². The van der Waals surface area contributed by atoms with Gasteiger partial charge in [0.15, 0.2) is 0 Å². The average molecular weight is 121 g/mol. The second kappa shape index (κ2) is 5.94. The molecule has 3 nitrogen and oxygen atoms in total. The summed E-state index contributed by atoms with van der Waals surface area (Å²) in [5.74, 6) is 0.639. The van der Waals surface area contributed by atoms with Crippen LogP contribution < -0.4 is 0 Å². The molecule has 0 rings (SSSR count). The highest BCUT2D eigenvalue weighted by molar-refractivity contribution is 8.11. The Morgan fingerprint density at radius 1 is 1.86 bits per heavy atom. The first kappa shape index (κ1) is 6.94. The fourth-order valence-electron chi connectivity index (χ4n) is 0.144. The van der Waals surface area contributed by atoms with E-state index < -0.39 is 0 Å². The molecular weight excluding hydrogens is 114 g/mol. The van der Waals surface area contributed by atoms with Gasteiger partial charge in [-0.25, -0.2) is 4.89 Å². The second-order valence-electron chi connectivity index (χ2n) is 0.822. The van der Waals surface area contributed by atoms with Crippen LogP contribution in [-0.4, -0.2) is 23.2 Å². The summed E-state index contributed by atoms with van der Waals surface area (Å²) in [4.78, 5) is 3.72. The van der Waals surface area contributed by atoms with Crippen LogP contribution in [0.5, 0.6) is 0 Å². The summed E-state index contributed by atoms with van der Waals surface area (Å²) in [5, 5.41) is 14.2. The maximum Gasteiger partial charge on any atom is 0.0913 e. The van der Waals surface area contributed by atoms with E-state index in [0.717, 1.165) is 0 Å². The quantitative estimate of drug-likeness (QED) is 0.190. The molecule has 0 bridgehead atoms. The monoisotopic (exact) mass is 121 g/mol. The SMILES string of the molecule is N=CSCCOO. The van der Waals surface area contributed by atoms with Crippen LogP contribution in [0, 0.1) is 5.41 Å². The molecule has 0 heterocycles. The molecule has 0 saturated heterocycles. The third kappa shape index (κ3) is 5.94. The molecule has 0 saturated carbocycles. The van der Waals surface area contributed by atoms with Gasteiger partial charge in [-0.3, -0.25) is 5.26 Å². The van der Waals surface area contributed by atoms with Crippen molar-refractivity contribution in [3.63, 3.8) is 0 Å². The fourth-order valence-corrected chi connectivity index (χ4v) is 0.433. The zero-order valence-electron chi connectivity index (χ0n) is 3.76. The van der Waals surface area contributed by atoms with Crippen molar-refractivity contribution < 1.29 is 10.1 Å². The molecule has 42 valence electrons. The molecule has 2 N–H and O–H groups in total. The maximum absolute atomic E-state index is 7.70. The number of nitrogens with one attached hydrogen (secondary N) is 1. The Bertz CT molecular complexity index is 50.2. The third-order valence-electron chi connectivity index (χ3n) is 0.376. The van der Waals surface area contributed by atoms with Crippen molar-refractivity contribution in [1.82, 2.24) is 0 Å². The standard InChI is InChI=1S/C3H7NO2S/c4-3-7-2-1-6-5/h3-5H,1-2H2. The Balaban J connectivity index is 2.56. The topological polar surface area (TPSA) is 53.3 Å². The largest absolute Gasteiger partial charge is 0.302 e. The van der Waals surface area contributed by atoms with Crippen LogP contribution >= 0.6 is 11.8 Å². The molecule has 7 heavy (non-hydrogen) atoms. The van der Waals surface area contributed by atoms with E-state index in [1.807, 2.05) is 0 Å². The highest BCUT2D eigenvalue weighted by Gasteiger charge is 1.79. The lowest BCUT2D eigenvalue weighted by molar-refractivity contribution is -0.236. The maximum atomic E-state index is 7.70. The molecule has 0 atom stereocenters. The zero-order chi connectivity index (χ0) is 5.54. The van der Waals surface area contributed by atoms with Crippen molar-refractivity contribution in [3.8, 4) is 0 Å². The smallest absolute Gasteiger partial charge is 0.0913 e. The fraction of sp³-hybridized carbons (Fsp3) is 0.667. The first-order chi connectivity index (χ1) is 3.41. The van der Waals surface area contributed by atoms with Crippen LogP contribution in [0.15, 0.2) is 0 Å². The predicted octanol–water partition coefficient (Wildman–Crippen LogP) is 0.816. The van der Waals surface area contributed by atoms with Crippen LogP contribution in [0.2, 0.25) is 0 Å². The number of hydrogen-bond acceptors (Lipinski definition) is 4. The second-order valence-corrected chi connectivity index (χ2v) is 1.80. The van der Waals surface area contributed by atoms with Crippen LogP contribution in [0.3, 0.4) is 0 Å². The van der Waals surface area contributed by atoms with Crippen molar-refractivity contribution >= 4 is 17.3 Å². The van der Waals surface area contributed by atoms with Gasteiger partial charge in [0.05, 0.1) is 12.2 Å². The van der Waals surface area contributed by atoms with E-state index in [1.54, 1.807) is 0 Å². The molecular formula is C3H7NO2S. The minimum absolute atomic E-state index is 0.292. The highest BCUT2D eigenvalue weighted by atomic mass is 32.2. The third-order valence-corrected chi connectivity index (χ3v) is 0.945. The molecule has 0 fully saturated rings. The van der Waals surface area contributed by atoms with Crippen molar-refractivity contribution in [3.05, 3.63) is 0 Å². The van der Waals surface area contributed by atoms with Gasteiger partial charge in [0, 0.05) is 5.75 Å². The first-order valence-electron chi connectivity index (χ1n) is 1.78. The van der Waals surface area contributed by atoms with Gasteiger partial charge in [-0.1, -0.05) is 0 Å². The lowest BCUT2D eigenvalue weighted by Gasteiger charge is -1.87. The van der Waals surface area contributed by atoms with E-state index in [-0.39, 0.29) is 0 Å². The molecule has 0 aliphatic heterocycles. The summed E-state index contributed by atoms with van der Waals surface area (Å²) >= 11 is 1.29. The summed E-state index contributed by atoms with van der Waals surface area (Å²) in [6.45, 7) is 0.292. The highest BCUT2D eigenvalue weighted by Crippen LogP contribution is 1.89. The summed E-state index contributed by atoms with van der Waals surface area (Å²) in [6, 6.07) is 0. The van der Waals surface area contributed by atoms with Gasteiger partial charge in [0.25, 0.3) is 0 Å². The van der Waals surface area contributed by atoms with E-state index in [1.165, 1.54) is 17.3 Å². The average Bonchev–Trinajstić information content (AvgIpc) is 1.69. The first-order valence-corrected chi connectivity index (χ1v) is 2.83. The van der Waals surface area contributed by atoms with Crippen LogP contribution in [0.1, 0.15) is 0 Å². The molecule has 0 aromatic rings. The van der Waals surface area contributed by atoms with E-state index in [9.17, 15) is 0 Å².